The van der Waals surface area contributed by atoms with Gasteiger partial charge in [-0.15, -0.1) is 24.8 Å². The second kappa shape index (κ2) is 8.45. The minimum atomic E-state index is -0.250. The molecule has 0 aliphatic carbocycles. The highest BCUT2D eigenvalue weighted by Crippen LogP contribution is 2.28. The molecule has 1 amide bonds. The maximum Gasteiger partial charge on any atom is 0.229 e. The van der Waals surface area contributed by atoms with Crippen molar-refractivity contribution in [3.63, 3.8) is 0 Å². The van der Waals surface area contributed by atoms with Crippen LogP contribution < -0.4 is 5.32 Å². The van der Waals surface area contributed by atoms with Crippen LogP contribution in [0.3, 0.4) is 0 Å². The third kappa shape index (κ3) is 4.62. The summed E-state index contributed by atoms with van der Waals surface area (Å²) in [5, 5.41) is 3.32. The second-order valence-electron chi connectivity index (χ2n) is 5.36. The van der Waals surface area contributed by atoms with E-state index in [9.17, 15) is 4.79 Å². The number of aromatic nitrogens is 1. The van der Waals surface area contributed by atoms with Gasteiger partial charge in [-0.05, 0) is 44.0 Å². The summed E-state index contributed by atoms with van der Waals surface area (Å²) in [7, 11) is 1.88. The van der Waals surface area contributed by atoms with E-state index in [1.807, 2.05) is 24.1 Å². The Kier molecular flexibility index (Phi) is 8.09. The van der Waals surface area contributed by atoms with Gasteiger partial charge in [0.25, 0.3) is 0 Å². The lowest BCUT2D eigenvalue weighted by Gasteiger charge is -2.36. The highest BCUT2D eigenvalue weighted by molar-refractivity contribution is 5.85. The first-order chi connectivity index (χ1) is 8.62. The van der Waals surface area contributed by atoms with Gasteiger partial charge < -0.3 is 10.2 Å². The van der Waals surface area contributed by atoms with E-state index in [1.165, 1.54) is 0 Å². The molecule has 1 unspecified atom stereocenters. The molecule has 0 saturated carbocycles. The number of carbonyl (C=O) groups is 1. The number of pyridine rings is 1. The van der Waals surface area contributed by atoms with E-state index in [0.717, 1.165) is 31.5 Å². The molecule has 6 heteroatoms. The molecule has 4 nitrogen and oxygen atoms in total. The SMILES string of the molecule is CN(Cc1ccncc1)C(=O)C1(C)CCCNC1.Cl.Cl. The van der Waals surface area contributed by atoms with Gasteiger partial charge in [0.2, 0.25) is 5.91 Å². The molecule has 1 saturated heterocycles. The molecular weight excluding hydrogens is 297 g/mol. The number of rotatable bonds is 3. The first-order valence-electron chi connectivity index (χ1n) is 6.47. The van der Waals surface area contributed by atoms with E-state index in [4.69, 9.17) is 0 Å². The molecule has 2 rings (SSSR count). The van der Waals surface area contributed by atoms with Crippen LogP contribution in [0.2, 0.25) is 0 Å². The van der Waals surface area contributed by atoms with E-state index in [1.54, 1.807) is 12.4 Å². The van der Waals surface area contributed by atoms with Gasteiger partial charge in [-0.1, -0.05) is 0 Å². The average Bonchev–Trinajstić information content (AvgIpc) is 2.40. The number of nitrogens with one attached hydrogen (secondary N) is 1. The number of hydrogen-bond donors (Lipinski definition) is 1. The first kappa shape index (κ1) is 19.2. The zero-order chi connectivity index (χ0) is 13.0. The average molecular weight is 320 g/mol. The minimum absolute atomic E-state index is 0. The van der Waals surface area contributed by atoms with Gasteiger partial charge in [-0.3, -0.25) is 9.78 Å². The summed E-state index contributed by atoms with van der Waals surface area (Å²) in [6, 6.07) is 3.90. The fourth-order valence-corrected chi connectivity index (χ4v) is 2.53. The van der Waals surface area contributed by atoms with Crippen LogP contribution in [0.5, 0.6) is 0 Å². The zero-order valence-electron chi connectivity index (χ0n) is 12.0. The summed E-state index contributed by atoms with van der Waals surface area (Å²) in [6.07, 6.45) is 5.57. The topological polar surface area (TPSA) is 45.2 Å². The van der Waals surface area contributed by atoms with Crippen molar-refractivity contribution in [3.05, 3.63) is 30.1 Å². The number of halogens is 2. The lowest BCUT2D eigenvalue weighted by Crippen LogP contribution is -2.48. The Morgan fingerprint density at radius 2 is 2.05 bits per heavy atom. The summed E-state index contributed by atoms with van der Waals surface area (Å²) in [4.78, 5) is 18.3. The smallest absolute Gasteiger partial charge is 0.229 e. The molecule has 114 valence electrons. The molecule has 0 bridgehead atoms. The lowest BCUT2D eigenvalue weighted by molar-refractivity contribution is -0.141. The van der Waals surface area contributed by atoms with E-state index >= 15 is 0 Å². The summed E-state index contributed by atoms with van der Waals surface area (Å²) in [5.41, 5.74) is 0.869. The Bertz CT molecular complexity index is 408. The normalized spacial score (nSPS) is 21.3. The van der Waals surface area contributed by atoms with Gasteiger partial charge >= 0.3 is 0 Å². The van der Waals surface area contributed by atoms with Crippen molar-refractivity contribution in [3.8, 4) is 0 Å². The van der Waals surface area contributed by atoms with Gasteiger partial charge in [0.15, 0.2) is 0 Å². The molecule has 0 radical (unpaired) electrons. The van der Waals surface area contributed by atoms with Crippen LogP contribution in [0.4, 0.5) is 0 Å². The standard InChI is InChI=1S/C14H21N3O.2ClH/c1-14(6-3-7-16-11-14)13(18)17(2)10-12-4-8-15-9-5-12;;/h4-5,8-9,16H,3,6-7,10-11H2,1-2H3;2*1H. The van der Waals surface area contributed by atoms with Crippen LogP contribution in [0.25, 0.3) is 0 Å². The highest BCUT2D eigenvalue weighted by Gasteiger charge is 2.36. The Balaban J connectivity index is 0.00000180. The van der Waals surface area contributed by atoms with Crippen LogP contribution in [0, 0.1) is 5.41 Å². The third-order valence-electron chi connectivity index (χ3n) is 3.63. The monoisotopic (exact) mass is 319 g/mol. The molecule has 2 heterocycles. The molecular formula is C14H23Cl2N3O. The van der Waals surface area contributed by atoms with Gasteiger partial charge in [0, 0.05) is 32.5 Å². The highest BCUT2D eigenvalue weighted by atomic mass is 35.5. The number of amides is 1. The van der Waals surface area contributed by atoms with Crippen molar-refractivity contribution in [2.75, 3.05) is 20.1 Å². The summed E-state index contributed by atoms with van der Waals surface area (Å²) < 4.78 is 0. The van der Waals surface area contributed by atoms with Gasteiger partial charge in [-0.25, -0.2) is 0 Å². The number of nitrogens with zero attached hydrogens (tertiary/aromatic N) is 2. The van der Waals surface area contributed by atoms with Crippen LogP contribution in [-0.2, 0) is 11.3 Å². The number of piperidine rings is 1. The summed E-state index contributed by atoms with van der Waals surface area (Å²) >= 11 is 0. The van der Waals surface area contributed by atoms with Crippen molar-refractivity contribution in [2.24, 2.45) is 5.41 Å². The quantitative estimate of drug-likeness (QED) is 0.929. The van der Waals surface area contributed by atoms with Crippen molar-refractivity contribution in [2.45, 2.75) is 26.3 Å². The largest absolute Gasteiger partial charge is 0.341 e. The first-order valence-corrected chi connectivity index (χ1v) is 6.47. The predicted molar refractivity (Wildman–Crippen MR) is 85.4 cm³/mol. The van der Waals surface area contributed by atoms with Gasteiger partial charge in [-0.2, -0.15) is 0 Å². The van der Waals surface area contributed by atoms with Crippen LogP contribution in [-0.4, -0.2) is 35.9 Å². The number of carbonyl (C=O) groups excluding carboxylic acids is 1. The van der Waals surface area contributed by atoms with Crippen LogP contribution >= 0.6 is 24.8 Å². The molecule has 1 N–H and O–H groups in total. The molecule has 1 aliphatic rings. The Morgan fingerprint density at radius 1 is 1.40 bits per heavy atom. The maximum absolute atomic E-state index is 12.5. The fraction of sp³-hybridized carbons (Fsp3) is 0.571. The molecule has 0 aromatic carbocycles. The predicted octanol–water partition coefficient (Wildman–Crippen LogP) is 2.27. The maximum atomic E-state index is 12.5. The second-order valence-corrected chi connectivity index (χ2v) is 5.36. The Labute approximate surface area is 133 Å². The van der Waals surface area contributed by atoms with Crippen molar-refractivity contribution >= 4 is 30.7 Å². The molecule has 1 aromatic heterocycles. The summed E-state index contributed by atoms with van der Waals surface area (Å²) in [6.45, 7) is 4.52. The van der Waals surface area contributed by atoms with E-state index in [-0.39, 0.29) is 36.1 Å². The molecule has 1 fully saturated rings. The minimum Gasteiger partial charge on any atom is -0.341 e. The van der Waals surface area contributed by atoms with Gasteiger partial charge in [0.05, 0.1) is 5.41 Å². The van der Waals surface area contributed by atoms with Crippen molar-refractivity contribution in [1.29, 1.82) is 0 Å². The van der Waals surface area contributed by atoms with Crippen LogP contribution in [0.1, 0.15) is 25.3 Å². The van der Waals surface area contributed by atoms with E-state index in [2.05, 4.69) is 17.2 Å². The van der Waals surface area contributed by atoms with Crippen molar-refractivity contribution in [1.82, 2.24) is 15.2 Å². The fourth-order valence-electron chi connectivity index (χ4n) is 2.53. The molecule has 20 heavy (non-hydrogen) atoms. The van der Waals surface area contributed by atoms with E-state index < -0.39 is 0 Å². The third-order valence-corrected chi connectivity index (χ3v) is 3.63. The number of hydrogen-bond acceptors (Lipinski definition) is 3. The van der Waals surface area contributed by atoms with Crippen molar-refractivity contribution < 1.29 is 4.79 Å². The lowest BCUT2D eigenvalue weighted by atomic mass is 9.81. The van der Waals surface area contributed by atoms with Crippen LogP contribution in [0.15, 0.2) is 24.5 Å². The molecule has 1 aliphatic heterocycles. The molecule has 1 aromatic rings. The Morgan fingerprint density at radius 3 is 2.60 bits per heavy atom. The zero-order valence-corrected chi connectivity index (χ0v) is 13.6. The summed E-state index contributed by atoms with van der Waals surface area (Å²) in [5.74, 6) is 0.228. The Hall–Kier alpha value is -0.840. The van der Waals surface area contributed by atoms with E-state index in [0.29, 0.717) is 6.54 Å². The van der Waals surface area contributed by atoms with Gasteiger partial charge in [0.1, 0.15) is 0 Å². The molecule has 0 spiro atoms. The molecule has 1 atom stereocenters.